The molecule has 1 aromatic carbocycles. The fraction of sp³-hybridized carbons (Fsp3) is 0.375. The molecule has 0 spiro atoms. The van der Waals surface area contributed by atoms with Crippen molar-refractivity contribution in [2.24, 2.45) is 0 Å². The molecule has 0 aliphatic carbocycles. The Morgan fingerprint density at radius 3 is 2.62 bits per heavy atom. The van der Waals surface area contributed by atoms with Gasteiger partial charge < -0.3 is 14.8 Å². The van der Waals surface area contributed by atoms with Crippen LogP contribution in [-0.4, -0.2) is 22.0 Å². The number of aromatic carboxylic acids is 1. The molecule has 0 bridgehead atoms. The molecule has 0 saturated carbocycles. The monoisotopic (exact) mass is 289 g/mol. The summed E-state index contributed by atoms with van der Waals surface area (Å²) in [5.41, 5.74) is 2.40. The van der Waals surface area contributed by atoms with E-state index in [4.69, 9.17) is 4.74 Å². The van der Waals surface area contributed by atoms with Gasteiger partial charge >= 0.3 is 11.9 Å². The van der Waals surface area contributed by atoms with Crippen LogP contribution in [0.1, 0.15) is 48.3 Å². The molecule has 2 aromatic rings. The summed E-state index contributed by atoms with van der Waals surface area (Å²) in [7, 11) is 0. The van der Waals surface area contributed by atoms with Crippen LogP contribution < -0.4 is 4.74 Å². The van der Waals surface area contributed by atoms with Crippen LogP contribution in [0.3, 0.4) is 0 Å². The average Bonchev–Trinajstić information content (AvgIpc) is 2.73. The van der Waals surface area contributed by atoms with Gasteiger partial charge in [-0.3, -0.25) is 4.79 Å². The number of unbranched alkanes of at least 4 members (excludes halogenated alkanes) is 1. The number of ether oxygens (including phenoxy) is 1. The summed E-state index contributed by atoms with van der Waals surface area (Å²) in [5, 5.41) is 10.1. The highest BCUT2D eigenvalue weighted by Gasteiger charge is 2.21. The first kappa shape index (κ1) is 15.1. The Hall–Kier alpha value is -2.30. The molecule has 0 fully saturated rings. The molecule has 2 rings (SSSR count). The number of hydrogen-bond donors (Lipinski definition) is 2. The van der Waals surface area contributed by atoms with E-state index in [-0.39, 0.29) is 5.56 Å². The number of esters is 1. The summed E-state index contributed by atoms with van der Waals surface area (Å²) in [4.78, 5) is 25.9. The lowest BCUT2D eigenvalue weighted by atomic mass is 9.99. The van der Waals surface area contributed by atoms with Gasteiger partial charge in [-0.05, 0) is 31.9 Å². The van der Waals surface area contributed by atoms with Crippen molar-refractivity contribution in [2.45, 2.75) is 40.0 Å². The second kappa shape index (κ2) is 5.99. The number of carboxylic acid groups (broad SMARTS) is 1. The number of nitrogens with one attached hydrogen (secondary N) is 1. The normalized spacial score (nSPS) is 10.8. The van der Waals surface area contributed by atoms with Crippen molar-refractivity contribution in [3.05, 3.63) is 29.0 Å². The summed E-state index contributed by atoms with van der Waals surface area (Å²) in [6.07, 6.45) is 2.55. The van der Waals surface area contributed by atoms with Gasteiger partial charge in [0.2, 0.25) is 0 Å². The number of aromatic amines is 1. The molecule has 0 aliphatic rings. The molecule has 112 valence electrons. The van der Waals surface area contributed by atoms with Crippen molar-refractivity contribution < 1.29 is 19.4 Å². The molecule has 0 amide bonds. The van der Waals surface area contributed by atoms with E-state index in [1.165, 1.54) is 6.92 Å². The van der Waals surface area contributed by atoms with Crippen molar-refractivity contribution in [1.82, 2.24) is 4.98 Å². The maximum Gasteiger partial charge on any atom is 0.338 e. The van der Waals surface area contributed by atoms with Crippen LogP contribution in [0.2, 0.25) is 0 Å². The van der Waals surface area contributed by atoms with Gasteiger partial charge in [0.25, 0.3) is 0 Å². The molecule has 0 radical (unpaired) electrons. The summed E-state index contributed by atoms with van der Waals surface area (Å²) >= 11 is 0. The zero-order valence-corrected chi connectivity index (χ0v) is 12.4. The minimum absolute atomic E-state index is 0.255. The number of carboxylic acids is 1. The Labute approximate surface area is 122 Å². The van der Waals surface area contributed by atoms with E-state index in [1.54, 1.807) is 19.1 Å². The Kier molecular flexibility index (Phi) is 4.31. The van der Waals surface area contributed by atoms with Crippen molar-refractivity contribution in [3.8, 4) is 5.75 Å². The third kappa shape index (κ3) is 2.91. The minimum Gasteiger partial charge on any atom is -0.478 e. The number of fused-ring (bicyclic) bond motifs is 1. The highest BCUT2D eigenvalue weighted by atomic mass is 16.5. The third-order valence-corrected chi connectivity index (χ3v) is 3.46. The van der Waals surface area contributed by atoms with Crippen LogP contribution in [0.5, 0.6) is 5.75 Å². The Bertz CT molecular complexity index is 700. The fourth-order valence-electron chi connectivity index (χ4n) is 2.59. The lowest BCUT2D eigenvalue weighted by Crippen LogP contribution is -2.06. The molecule has 21 heavy (non-hydrogen) atoms. The van der Waals surface area contributed by atoms with E-state index in [0.717, 1.165) is 23.9 Å². The smallest absolute Gasteiger partial charge is 0.338 e. The van der Waals surface area contributed by atoms with Gasteiger partial charge in [-0.25, -0.2) is 4.79 Å². The first-order chi connectivity index (χ1) is 9.95. The molecule has 2 N–H and O–H groups in total. The van der Waals surface area contributed by atoms with Crippen LogP contribution >= 0.6 is 0 Å². The van der Waals surface area contributed by atoms with E-state index in [0.29, 0.717) is 23.3 Å². The van der Waals surface area contributed by atoms with Gasteiger partial charge in [0.05, 0.1) is 5.56 Å². The van der Waals surface area contributed by atoms with Crippen LogP contribution in [0.15, 0.2) is 12.1 Å². The minimum atomic E-state index is -0.975. The fourth-order valence-corrected chi connectivity index (χ4v) is 2.59. The summed E-state index contributed by atoms with van der Waals surface area (Å²) in [6.45, 7) is 5.14. The highest BCUT2D eigenvalue weighted by molar-refractivity contribution is 6.06. The van der Waals surface area contributed by atoms with Crippen molar-refractivity contribution >= 4 is 22.8 Å². The van der Waals surface area contributed by atoms with Gasteiger partial charge in [-0.15, -0.1) is 0 Å². The van der Waals surface area contributed by atoms with Crippen molar-refractivity contribution in [2.75, 3.05) is 0 Å². The molecular formula is C16H19NO4. The average molecular weight is 289 g/mol. The lowest BCUT2D eigenvalue weighted by Gasteiger charge is -2.11. The quantitative estimate of drug-likeness (QED) is 0.652. The predicted octanol–water partition coefficient (Wildman–Crippen LogP) is 3.44. The van der Waals surface area contributed by atoms with Crippen LogP contribution in [0.4, 0.5) is 0 Å². The van der Waals surface area contributed by atoms with Gasteiger partial charge in [0.1, 0.15) is 5.75 Å². The Morgan fingerprint density at radius 2 is 2.05 bits per heavy atom. The molecule has 0 saturated heterocycles. The molecule has 5 nitrogen and oxygen atoms in total. The number of benzene rings is 1. The molecule has 1 aromatic heterocycles. The van der Waals surface area contributed by atoms with Crippen LogP contribution in [0.25, 0.3) is 10.9 Å². The van der Waals surface area contributed by atoms with Gasteiger partial charge in [-0.1, -0.05) is 13.3 Å². The molecule has 0 aliphatic heterocycles. The van der Waals surface area contributed by atoms with Gasteiger partial charge in [-0.2, -0.15) is 0 Å². The largest absolute Gasteiger partial charge is 0.478 e. The van der Waals surface area contributed by atoms with Gasteiger partial charge in [0, 0.05) is 29.1 Å². The lowest BCUT2D eigenvalue weighted by molar-refractivity contribution is -0.131. The second-order valence-corrected chi connectivity index (χ2v) is 5.09. The maximum absolute atomic E-state index is 11.5. The number of aromatic nitrogens is 1. The molecular weight excluding hydrogens is 270 g/mol. The Balaban J connectivity index is 2.72. The summed E-state index contributed by atoms with van der Waals surface area (Å²) in [5.74, 6) is -0.933. The number of rotatable bonds is 5. The second-order valence-electron chi connectivity index (χ2n) is 5.09. The van der Waals surface area contributed by atoms with E-state index in [9.17, 15) is 14.7 Å². The van der Waals surface area contributed by atoms with Crippen molar-refractivity contribution in [1.29, 1.82) is 0 Å². The Morgan fingerprint density at radius 1 is 1.33 bits per heavy atom. The SMILES string of the molecule is CCCCc1c(OC(C)=O)ccc2[nH]c(C)c(C(=O)O)c12. The molecule has 0 unspecified atom stereocenters. The summed E-state index contributed by atoms with van der Waals surface area (Å²) < 4.78 is 5.25. The standard InChI is InChI=1S/C16H19NO4/c1-4-5-6-11-13(21-10(3)18)8-7-12-15(11)14(16(19)20)9(2)17-12/h7-8,17H,4-6H2,1-3H3,(H,19,20). The zero-order valence-electron chi connectivity index (χ0n) is 12.4. The van der Waals surface area contributed by atoms with E-state index >= 15 is 0 Å². The van der Waals surface area contributed by atoms with E-state index in [2.05, 4.69) is 11.9 Å². The number of H-pyrrole nitrogens is 1. The van der Waals surface area contributed by atoms with Gasteiger partial charge in [0.15, 0.2) is 0 Å². The van der Waals surface area contributed by atoms with E-state index < -0.39 is 11.9 Å². The number of carbonyl (C=O) groups excluding carboxylic acids is 1. The zero-order chi connectivity index (χ0) is 15.6. The van der Waals surface area contributed by atoms with Crippen LogP contribution in [-0.2, 0) is 11.2 Å². The molecule has 0 atom stereocenters. The van der Waals surface area contributed by atoms with Crippen molar-refractivity contribution in [3.63, 3.8) is 0 Å². The third-order valence-electron chi connectivity index (χ3n) is 3.46. The summed E-state index contributed by atoms with van der Waals surface area (Å²) in [6, 6.07) is 3.47. The first-order valence-corrected chi connectivity index (χ1v) is 7.01. The topological polar surface area (TPSA) is 79.4 Å². The predicted molar refractivity (Wildman–Crippen MR) is 79.9 cm³/mol. The highest BCUT2D eigenvalue weighted by Crippen LogP contribution is 2.33. The van der Waals surface area contributed by atoms with E-state index in [1.807, 2.05) is 0 Å². The number of hydrogen-bond acceptors (Lipinski definition) is 3. The maximum atomic E-state index is 11.5. The first-order valence-electron chi connectivity index (χ1n) is 7.01. The number of aryl methyl sites for hydroxylation is 2. The number of carbonyl (C=O) groups is 2. The molecule has 1 heterocycles. The molecule has 5 heteroatoms. The van der Waals surface area contributed by atoms with Crippen LogP contribution in [0, 0.1) is 6.92 Å².